The van der Waals surface area contributed by atoms with E-state index in [0.717, 1.165) is 25.3 Å². The van der Waals surface area contributed by atoms with Crippen LogP contribution < -0.4 is 5.32 Å². The van der Waals surface area contributed by atoms with Crippen LogP contribution in [0.2, 0.25) is 4.47 Å². The zero-order chi connectivity index (χ0) is 9.26. The van der Waals surface area contributed by atoms with Crippen molar-refractivity contribution in [1.29, 1.82) is 0 Å². The van der Waals surface area contributed by atoms with Gasteiger partial charge in [0.2, 0.25) is 0 Å². The number of aromatic nitrogens is 1. The van der Waals surface area contributed by atoms with Crippen molar-refractivity contribution >= 4 is 22.9 Å². The second-order valence-corrected chi connectivity index (χ2v) is 4.76. The van der Waals surface area contributed by atoms with Gasteiger partial charge < -0.3 is 5.32 Å². The van der Waals surface area contributed by atoms with E-state index < -0.39 is 0 Å². The molecule has 0 unspecified atom stereocenters. The fraction of sp³-hybridized carbons (Fsp3) is 0.625. The minimum Gasteiger partial charge on any atom is -0.314 e. The first kappa shape index (κ1) is 9.40. The highest BCUT2D eigenvalue weighted by Gasteiger charge is 2.21. The van der Waals surface area contributed by atoms with Crippen molar-refractivity contribution in [3.8, 4) is 0 Å². The lowest BCUT2D eigenvalue weighted by atomic mass is 10.1. The zero-order valence-corrected chi connectivity index (χ0v) is 9.03. The molecule has 2 heterocycles. The molecule has 1 fully saturated rings. The number of nitrogens with one attached hydrogen (secondary N) is 1. The van der Waals surface area contributed by atoms with E-state index in [9.17, 15) is 0 Å². The normalized spacial score (nSPS) is 17.8. The first-order chi connectivity index (χ1) is 6.25. The predicted octanol–water partition coefficient (Wildman–Crippen LogP) is 1.20. The second kappa shape index (κ2) is 3.92. The molecule has 1 aromatic rings. The van der Waals surface area contributed by atoms with E-state index in [2.05, 4.69) is 22.2 Å². The lowest BCUT2D eigenvalue weighted by molar-refractivity contribution is 0.171. The van der Waals surface area contributed by atoms with Crippen LogP contribution in [0.15, 0.2) is 5.38 Å². The second-order valence-electron chi connectivity index (χ2n) is 3.32. The molecule has 1 saturated heterocycles. The van der Waals surface area contributed by atoms with Crippen LogP contribution in [-0.4, -0.2) is 36.1 Å². The summed E-state index contributed by atoms with van der Waals surface area (Å²) < 4.78 is 0.634. The molecular weight excluding hydrogens is 206 g/mol. The molecule has 5 heteroatoms. The van der Waals surface area contributed by atoms with Crippen molar-refractivity contribution in [2.75, 3.05) is 20.1 Å². The van der Waals surface area contributed by atoms with Crippen LogP contribution in [0.5, 0.6) is 0 Å². The van der Waals surface area contributed by atoms with Gasteiger partial charge in [0.05, 0.1) is 5.69 Å². The Morgan fingerprint density at radius 1 is 1.77 bits per heavy atom. The quantitative estimate of drug-likeness (QED) is 0.825. The molecule has 1 N–H and O–H groups in total. The van der Waals surface area contributed by atoms with Crippen molar-refractivity contribution < 1.29 is 0 Å². The summed E-state index contributed by atoms with van der Waals surface area (Å²) in [6.45, 7) is 3.08. The Kier molecular flexibility index (Phi) is 2.83. The van der Waals surface area contributed by atoms with Gasteiger partial charge in [-0.25, -0.2) is 4.98 Å². The molecule has 0 aliphatic carbocycles. The van der Waals surface area contributed by atoms with E-state index in [0.29, 0.717) is 10.5 Å². The average Bonchev–Trinajstić information content (AvgIpc) is 2.31. The van der Waals surface area contributed by atoms with Gasteiger partial charge in [0.1, 0.15) is 0 Å². The third kappa shape index (κ3) is 2.20. The Morgan fingerprint density at radius 3 is 3.00 bits per heavy atom. The summed E-state index contributed by atoms with van der Waals surface area (Å²) in [5.41, 5.74) is 1.07. The first-order valence-electron chi connectivity index (χ1n) is 4.26. The number of hydrogen-bond acceptors (Lipinski definition) is 4. The molecule has 0 amide bonds. The van der Waals surface area contributed by atoms with Crippen LogP contribution in [0.25, 0.3) is 0 Å². The number of likely N-dealkylation sites (N-methyl/N-ethyl adjacent to an activating group) is 1. The molecule has 0 aromatic carbocycles. The Labute approximate surface area is 86.7 Å². The molecular formula is C8H12ClN3S. The van der Waals surface area contributed by atoms with Crippen LogP contribution >= 0.6 is 22.9 Å². The minimum atomic E-state index is 0.634. The monoisotopic (exact) mass is 217 g/mol. The smallest absolute Gasteiger partial charge is 0.183 e. The fourth-order valence-corrected chi connectivity index (χ4v) is 2.10. The van der Waals surface area contributed by atoms with E-state index in [1.165, 1.54) is 11.3 Å². The Balaban J connectivity index is 1.89. The van der Waals surface area contributed by atoms with Crippen LogP contribution in [-0.2, 0) is 6.54 Å². The molecule has 0 spiro atoms. The van der Waals surface area contributed by atoms with E-state index >= 15 is 0 Å². The van der Waals surface area contributed by atoms with Crippen LogP contribution in [0.1, 0.15) is 5.69 Å². The third-order valence-electron chi connectivity index (χ3n) is 2.32. The van der Waals surface area contributed by atoms with Crippen molar-refractivity contribution in [2.45, 2.75) is 12.6 Å². The fourth-order valence-electron chi connectivity index (χ4n) is 1.32. The van der Waals surface area contributed by atoms with E-state index in [-0.39, 0.29) is 0 Å². The Bertz CT molecular complexity index is 285. The molecule has 0 saturated carbocycles. The van der Waals surface area contributed by atoms with Crippen LogP contribution in [0.4, 0.5) is 0 Å². The SMILES string of the molecule is CN(Cc1csc(Cl)n1)C1CNC1. The molecule has 1 aliphatic heterocycles. The number of halogens is 1. The van der Waals surface area contributed by atoms with Gasteiger partial charge in [0.15, 0.2) is 4.47 Å². The molecule has 3 nitrogen and oxygen atoms in total. The molecule has 0 bridgehead atoms. The number of hydrogen-bond donors (Lipinski definition) is 1. The molecule has 1 aliphatic rings. The number of rotatable bonds is 3. The molecule has 1 aromatic heterocycles. The summed E-state index contributed by atoms with van der Waals surface area (Å²) in [5.74, 6) is 0. The molecule has 13 heavy (non-hydrogen) atoms. The summed E-state index contributed by atoms with van der Waals surface area (Å²) in [6.07, 6.45) is 0. The van der Waals surface area contributed by atoms with Gasteiger partial charge in [-0.3, -0.25) is 4.90 Å². The molecule has 2 rings (SSSR count). The zero-order valence-electron chi connectivity index (χ0n) is 7.46. The summed E-state index contributed by atoms with van der Waals surface area (Å²) in [6, 6.07) is 0.667. The first-order valence-corrected chi connectivity index (χ1v) is 5.52. The van der Waals surface area contributed by atoms with Crippen LogP contribution in [0.3, 0.4) is 0 Å². The van der Waals surface area contributed by atoms with Gasteiger partial charge in [-0.1, -0.05) is 11.6 Å². The third-order valence-corrected chi connectivity index (χ3v) is 3.35. The van der Waals surface area contributed by atoms with Crippen molar-refractivity contribution in [1.82, 2.24) is 15.2 Å². The standard InChI is InChI=1S/C8H12ClN3S/c1-12(7-2-10-3-7)4-6-5-13-8(9)11-6/h5,7,10H,2-4H2,1H3. The minimum absolute atomic E-state index is 0.634. The van der Waals surface area contributed by atoms with Gasteiger partial charge in [0.25, 0.3) is 0 Å². The lowest BCUT2D eigenvalue weighted by Crippen LogP contribution is -2.55. The van der Waals surface area contributed by atoms with Crippen molar-refractivity contribution in [3.63, 3.8) is 0 Å². The maximum Gasteiger partial charge on any atom is 0.183 e. The molecule has 72 valence electrons. The Hall–Kier alpha value is -0.160. The summed E-state index contributed by atoms with van der Waals surface area (Å²) >= 11 is 7.24. The predicted molar refractivity (Wildman–Crippen MR) is 55.2 cm³/mol. The van der Waals surface area contributed by atoms with Gasteiger partial charge >= 0.3 is 0 Å². The maximum absolute atomic E-state index is 5.75. The highest BCUT2D eigenvalue weighted by molar-refractivity contribution is 7.13. The summed E-state index contributed by atoms with van der Waals surface area (Å²) in [5, 5.41) is 5.27. The van der Waals surface area contributed by atoms with Gasteiger partial charge in [-0.05, 0) is 7.05 Å². The van der Waals surface area contributed by atoms with E-state index in [1.54, 1.807) is 0 Å². The molecule has 0 atom stereocenters. The van der Waals surface area contributed by atoms with E-state index in [1.807, 2.05) is 5.38 Å². The topological polar surface area (TPSA) is 28.2 Å². The van der Waals surface area contributed by atoms with Gasteiger partial charge in [-0.2, -0.15) is 0 Å². The highest BCUT2D eigenvalue weighted by Crippen LogP contribution is 2.17. The highest BCUT2D eigenvalue weighted by atomic mass is 35.5. The molecule has 0 radical (unpaired) electrons. The number of nitrogens with zero attached hydrogens (tertiary/aromatic N) is 2. The number of thiazole rings is 1. The largest absolute Gasteiger partial charge is 0.314 e. The van der Waals surface area contributed by atoms with Gasteiger partial charge in [-0.15, -0.1) is 11.3 Å². The Morgan fingerprint density at radius 2 is 2.54 bits per heavy atom. The summed E-state index contributed by atoms with van der Waals surface area (Å²) in [7, 11) is 2.12. The van der Waals surface area contributed by atoms with E-state index in [4.69, 9.17) is 11.6 Å². The average molecular weight is 218 g/mol. The van der Waals surface area contributed by atoms with Crippen molar-refractivity contribution in [3.05, 3.63) is 15.5 Å². The summed E-state index contributed by atoms with van der Waals surface area (Å²) in [4.78, 5) is 6.52. The van der Waals surface area contributed by atoms with Crippen LogP contribution in [0, 0.1) is 0 Å². The lowest BCUT2D eigenvalue weighted by Gasteiger charge is -2.35. The van der Waals surface area contributed by atoms with Gasteiger partial charge in [0, 0.05) is 31.1 Å². The van der Waals surface area contributed by atoms with Crippen molar-refractivity contribution in [2.24, 2.45) is 0 Å². The maximum atomic E-state index is 5.75.